The zero-order valence-corrected chi connectivity index (χ0v) is 11.7. The molecule has 2 rings (SSSR count). The van der Waals surface area contributed by atoms with Gasteiger partial charge >= 0.3 is 0 Å². The van der Waals surface area contributed by atoms with Gasteiger partial charge in [0.25, 0.3) is 5.91 Å². The minimum absolute atomic E-state index is 0.291. The van der Waals surface area contributed by atoms with Crippen LogP contribution in [-0.2, 0) is 6.42 Å². The first-order valence-electron chi connectivity index (χ1n) is 5.84. The van der Waals surface area contributed by atoms with Crippen LogP contribution in [-0.4, -0.2) is 16.2 Å². The molecule has 2 N–H and O–H groups in total. The van der Waals surface area contributed by atoms with Gasteiger partial charge in [0.15, 0.2) is 0 Å². The van der Waals surface area contributed by atoms with Crippen LogP contribution < -0.4 is 10.9 Å². The van der Waals surface area contributed by atoms with Crippen molar-refractivity contribution in [2.75, 3.05) is 10.6 Å². The topological polar surface area (TPSA) is 62.0 Å². The molecule has 19 heavy (non-hydrogen) atoms. The SMILES string of the molecule is O=C(Nc1ccc(CCBr)cc1)c1cc[nH]c(=O)c1. The third kappa shape index (κ3) is 3.79. The van der Waals surface area contributed by atoms with Crippen molar-refractivity contribution in [3.05, 3.63) is 64.1 Å². The summed E-state index contributed by atoms with van der Waals surface area (Å²) in [6, 6.07) is 10.5. The van der Waals surface area contributed by atoms with E-state index in [9.17, 15) is 9.59 Å². The number of halogens is 1. The number of rotatable bonds is 4. The molecule has 0 radical (unpaired) electrons. The number of amides is 1. The van der Waals surface area contributed by atoms with E-state index in [0.717, 1.165) is 11.8 Å². The number of hydrogen-bond donors (Lipinski definition) is 2. The van der Waals surface area contributed by atoms with E-state index in [4.69, 9.17) is 0 Å². The normalized spacial score (nSPS) is 10.2. The van der Waals surface area contributed by atoms with Crippen LogP contribution in [0.4, 0.5) is 5.69 Å². The van der Waals surface area contributed by atoms with Crippen LogP contribution in [0.2, 0.25) is 0 Å². The second-order valence-corrected chi connectivity index (χ2v) is 4.82. The van der Waals surface area contributed by atoms with Crippen LogP contribution in [0, 0.1) is 0 Å². The minimum Gasteiger partial charge on any atom is -0.329 e. The number of pyridine rings is 1. The molecule has 0 atom stereocenters. The van der Waals surface area contributed by atoms with E-state index in [1.54, 1.807) is 6.07 Å². The van der Waals surface area contributed by atoms with Crippen molar-refractivity contribution < 1.29 is 4.79 Å². The molecule has 98 valence electrons. The Morgan fingerprint density at radius 1 is 1.21 bits per heavy atom. The molecule has 0 aliphatic carbocycles. The molecule has 5 heteroatoms. The summed E-state index contributed by atoms with van der Waals surface area (Å²) in [5.74, 6) is -0.292. The standard InChI is InChI=1S/C14H13BrN2O2/c15-7-5-10-1-3-12(4-2-10)17-14(19)11-6-8-16-13(18)9-11/h1-4,6,8-9H,5,7H2,(H,16,18)(H,17,19). The molecule has 0 saturated carbocycles. The number of benzene rings is 1. The summed E-state index contributed by atoms with van der Waals surface area (Å²) in [6.45, 7) is 0. The summed E-state index contributed by atoms with van der Waals surface area (Å²) < 4.78 is 0. The molecule has 2 aromatic rings. The molecule has 1 amide bonds. The van der Waals surface area contributed by atoms with Crippen LogP contribution in [0.25, 0.3) is 0 Å². The predicted octanol–water partition coefficient (Wildman–Crippen LogP) is 2.56. The predicted molar refractivity (Wildman–Crippen MR) is 79.0 cm³/mol. The Morgan fingerprint density at radius 3 is 2.58 bits per heavy atom. The van der Waals surface area contributed by atoms with Crippen molar-refractivity contribution in [1.29, 1.82) is 0 Å². The maximum Gasteiger partial charge on any atom is 0.255 e. The van der Waals surface area contributed by atoms with E-state index in [0.29, 0.717) is 11.3 Å². The smallest absolute Gasteiger partial charge is 0.255 e. The highest BCUT2D eigenvalue weighted by Crippen LogP contribution is 2.11. The highest BCUT2D eigenvalue weighted by atomic mass is 79.9. The first-order chi connectivity index (χ1) is 9.19. The van der Waals surface area contributed by atoms with Crippen LogP contribution in [0.15, 0.2) is 47.4 Å². The van der Waals surface area contributed by atoms with Crippen LogP contribution in [0.1, 0.15) is 15.9 Å². The van der Waals surface area contributed by atoms with Crippen LogP contribution in [0.3, 0.4) is 0 Å². The number of hydrogen-bond acceptors (Lipinski definition) is 2. The highest BCUT2D eigenvalue weighted by Gasteiger charge is 2.06. The summed E-state index contributed by atoms with van der Waals surface area (Å²) >= 11 is 3.38. The number of carbonyl (C=O) groups excluding carboxylic acids is 1. The maximum absolute atomic E-state index is 11.9. The van der Waals surface area contributed by atoms with Crippen molar-refractivity contribution in [3.8, 4) is 0 Å². The van der Waals surface area contributed by atoms with Gasteiger partial charge < -0.3 is 10.3 Å². The molecule has 0 aliphatic rings. The average molecular weight is 321 g/mol. The number of nitrogens with one attached hydrogen (secondary N) is 2. The molecule has 0 bridgehead atoms. The van der Waals surface area contributed by atoms with Crippen molar-refractivity contribution in [1.82, 2.24) is 4.98 Å². The first-order valence-corrected chi connectivity index (χ1v) is 6.96. The third-order valence-electron chi connectivity index (χ3n) is 2.63. The van der Waals surface area contributed by atoms with Gasteiger partial charge in [0.05, 0.1) is 0 Å². The van der Waals surface area contributed by atoms with E-state index < -0.39 is 0 Å². The highest BCUT2D eigenvalue weighted by molar-refractivity contribution is 9.09. The Morgan fingerprint density at radius 2 is 1.95 bits per heavy atom. The first kappa shape index (κ1) is 13.5. The van der Waals surface area contributed by atoms with Crippen molar-refractivity contribution in [3.63, 3.8) is 0 Å². The Balaban J connectivity index is 2.08. The number of H-pyrrole nitrogens is 1. The van der Waals surface area contributed by atoms with Gasteiger partial charge in [0.1, 0.15) is 0 Å². The lowest BCUT2D eigenvalue weighted by Gasteiger charge is -2.06. The minimum atomic E-state index is -0.292. The van der Waals surface area contributed by atoms with Crippen molar-refractivity contribution in [2.24, 2.45) is 0 Å². The molecule has 0 saturated heterocycles. The zero-order chi connectivity index (χ0) is 13.7. The van der Waals surface area contributed by atoms with E-state index in [-0.39, 0.29) is 11.5 Å². The fraction of sp³-hybridized carbons (Fsp3) is 0.143. The molecule has 0 unspecified atom stereocenters. The monoisotopic (exact) mass is 320 g/mol. The Labute approximate surface area is 119 Å². The number of alkyl halides is 1. The summed E-state index contributed by atoms with van der Waals surface area (Å²) in [6.07, 6.45) is 2.40. The third-order valence-corrected chi connectivity index (χ3v) is 3.03. The molecule has 1 heterocycles. The van der Waals surface area contributed by atoms with E-state index in [1.165, 1.54) is 17.8 Å². The molecule has 0 fully saturated rings. The van der Waals surface area contributed by atoms with E-state index >= 15 is 0 Å². The molecule has 0 aliphatic heterocycles. The van der Waals surface area contributed by atoms with Gasteiger partial charge in [0.2, 0.25) is 5.56 Å². The average Bonchev–Trinajstić information content (AvgIpc) is 2.41. The van der Waals surface area contributed by atoms with Crippen LogP contribution >= 0.6 is 15.9 Å². The Hall–Kier alpha value is -1.88. The van der Waals surface area contributed by atoms with Gasteiger partial charge in [-0.1, -0.05) is 28.1 Å². The molecule has 1 aromatic carbocycles. The van der Waals surface area contributed by atoms with Crippen molar-refractivity contribution in [2.45, 2.75) is 6.42 Å². The summed E-state index contributed by atoms with van der Waals surface area (Å²) in [5.41, 5.74) is 1.96. The maximum atomic E-state index is 11.9. The van der Waals surface area contributed by atoms with Gasteiger partial charge in [-0.25, -0.2) is 0 Å². The van der Waals surface area contributed by atoms with Gasteiger partial charge in [-0.05, 0) is 30.2 Å². The summed E-state index contributed by atoms with van der Waals surface area (Å²) in [5, 5.41) is 3.66. The Bertz CT molecular complexity index is 620. The molecule has 4 nitrogen and oxygen atoms in total. The molecule has 0 spiro atoms. The summed E-state index contributed by atoms with van der Waals surface area (Å²) in [4.78, 5) is 25.5. The molecule has 1 aromatic heterocycles. The lowest BCUT2D eigenvalue weighted by molar-refractivity contribution is 0.102. The second-order valence-electron chi connectivity index (χ2n) is 4.03. The largest absolute Gasteiger partial charge is 0.329 e. The second kappa shape index (κ2) is 6.33. The number of aromatic nitrogens is 1. The number of carbonyl (C=O) groups is 1. The van der Waals surface area contributed by atoms with Gasteiger partial charge in [0, 0.05) is 28.8 Å². The fourth-order valence-electron chi connectivity index (χ4n) is 1.65. The lowest BCUT2D eigenvalue weighted by Crippen LogP contribution is -2.15. The fourth-order valence-corrected chi connectivity index (χ4v) is 2.11. The van der Waals surface area contributed by atoms with Crippen LogP contribution in [0.5, 0.6) is 0 Å². The number of aryl methyl sites for hydroxylation is 1. The number of aromatic amines is 1. The molecular weight excluding hydrogens is 308 g/mol. The molecular formula is C14H13BrN2O2. The lowest BCUT2D eigenvalue weighted by atomic mass is 10.1. The van der Waals surface area contributed by atoms with E-state index in [1.807, 2.05) is 24.3 Å². The summed E-state index contributed by atoms with van der Waals surface area (Å²) in [7, 11) is 0. The Kier molecular flexibility index (Phi) is 4.52. The quantitative estimate of drug-likeness (QED) is 0.850. The van der Waals surface area contributed by atoms with Gasteiger partial charge in [-0.15, -0.1) is 0 Å². The van der Waals surface area contributed by atoms with E-state index in [2.05, 4.69) is 26.2 Å². The van der Waals surface area contributed by atoms with Gasteiger partial charge in [-0.3, -0.25) is 9.59 Å². The zero-order valence-electron chi connectivity index (χ0n) is 10.2. The van der Waals surface area contributed by atoms with Crippen molar-refractivity contribution >= 4 is 27.5 Å². The number of anilines is 1. The van der Waals surface area contributed by atoms with Gasteiger partial charge in [-0.2, -0.15) is 0 Å².